The third kappa shape index (κ3) is 6.72. The molecule has 0 radical (unpaired) electrons. The second-order valence-corrected chi connectivity index (χ2v) is 7.51. The van der Waals surface area contributed by atoms with Crippen LogP contribution in [0.1, 0.15) is 18.0 Å². The molecule has 1 unspecified atom stereocenters. The van der Waals surface area contributed by atoms with Gasteiger partial charge in [0.25, 0.3) is 5.91 Å². The van der Waals surface area contributed by atoms with E-state index in [0.717, 1.165) is 5.71 Å². The quantitative estimate of drug-likeness (QED) is 0.595. The first kappa shape index (κ1) is 22.1. The molecule has 2 aromatic rings. The maximum atomic E-state index is 13.0. The lowest BCUT2D eigenvalue weighted by atomic mass is 10.1. The highest BCUT2D eigenvalue weighted by molar-refractivity contribution is 6.30. The predicted octanol–water partition coefficient (Wildman–Crippen LogP) is 4.08. The van der Waals surface area contributed by atoms with Crippen LogP contribution in [0.4, 0.5) is 10.5 Å². The van der Waals surface area contributed by atoms with E-state index < -0.39 is 12.1 Å². The Hall–Kier alpha value is -3.58. The van der Waals surface area contributed by atoms with Gasteiger partial charge in [0, 0.05) is 36.9 Å². The molecule has 0 aromatic heterocycles. The highest BCUT2D eigenvalue weighted by Crippen LogP contribution is 2.17. The fourth-order valence-corrected chi connectivity index (χ4v) is 3.08. The SMILES string of the molecule is CN(C)N=C1C=CC(NC(=O)C(NC(=O)Nc2ccc(Cl)cc2)c2ccccc2)=CC1. The van der Waals surface area contributed by atoms with Gasteiger partial charge in [0.05, 0.1) is 5.71 Å². The summed E-state index contributed by atoms with van der Waals surface area (Å²) in [6.07, 6.45) is 6.13. The fraction of sp³-hybridized carbons (Fsp3) is 0.174. The minimum Gasteiger partial charge on any atom is -0.324 e. The van der Waals surface area contributed by atoms with Crippen LogP contribution in [0.3, 0.4) is 0 Å². The molecule has 0 bridgehead atoms. The molecule has 0 fully saturated rings. The largest absolute Gasteiger partial charge is 0.324 e. The molecule has 160 valence electrons. The molecule has 0 saturated heterocycles. The number of carbonyl (C=O) groups excluding carboxylic acids is 2. The zero-order valence-corrected chi connectivity index (χ0v) is 18.1. The number of hydrogen-bond donors (Lipinski definition) is 3. The second-order valence-electron chi connectivity index (χ2n) is 7.07. The third-order valence-corrected chi connectivity index (χ3v) is 4.61. The van der Waals surface area contributed by atoms with Crippen molar-refractivity contribution in [3.05, 3.63) is 89.1 Å². The summed E-state index contributed by atoms with van der Waals surface area (Å²) in [5.74, 6) is -0.346. The first-order valence-electron chi connectivity index (χ1n) is 9.72. The number of anilines is 1. The van der Waals surface area contributed by atoms with Gasteiger partial charge in [-0.3, -0.25) is 4.79 Å². The monoisotopic (exact) mass is 437 g/mol. The number of carbonyl (C=O) groups is 2. The molecule has 0 spiro atoms. The van der Waals surface area contributed by atoms with Crippen LogP contribution < -0.4 is 16.0 Å². The third-order valence-electron chi connectivity index (χ3n) is 4.35. The maximum absolute atomic E-state index is 13.0. The van der Waals surface area contributed by atoms with Crippen LogP contribution in [0.25, 0.3) is 0 Å². The number of hydrogen-bond acceptors (Lipinski definition) is 4. The van der Waals surface area contributed by atoms with Gasteiger partial charge in [-0.25, -0.2) is 4.79 Å². The van der Waals surface area contributed by atoms with Crippen molar-refractivity contribution in [2.24, 2.45) is 5.10 Å². The fourth-order valence-electron chi connectivity index (χ4n) is 2.95. The zero-order chi connectivity index (χ0) is 22.2. The summed E-state index contributed by atoms with van der Waals surface area (Å²) in [6, 6.07) is 14.4. The van der Waals surface area contributed by atoms with Gasteiger partial charge in [-0.1, -0.05) is 48.0 Å². The average Bonchev–Trinajstić information content (AvgIpc) is 2.75. The topological polar surface area (TPSA) is 85.8 Å². The number of nitrogens with zero attached hydrogens (tertiary/aromatic N) is 2. The van der Waals surface area contributed by atoms with Crippen molar-refractivity contribution in [3.8, 4) is 0 Å². The van der Waals surface area contributed by atoms with E-state index in [2.05, 4.69) is 21.1 Å². The van der Waals surface area contributed by atoms with Gasteiger partial charge in [0.1, 0.15) is 6.04 Å². The lowest BCUT2D eigenvalue weighted by Gasteiger charge is -2.20. The molecular formula is C23H24ClN5O2. The predicted molar refractivity (Wildman–Crippen MR) is 124 cm³/mol. The second kappa shape index (κ2) is 10.4. The molecule has 0 saturated carbocycles. The summed E-state index contributed by atoms with van der Waals surface area (Å²) < 4.78 is 0. The lowest BCUT2D eigenvalue weighted by Crippen LogP contribution is -2.41. The van der Waals surface area contributed by atoms with Crippen LogP contribution in [-0.4, -0.2) is 36.8 Å². The van der Waals surface area contributed by atoms with E-state index in [4.69, 9.17) is 11.6 Å². The summed E-state index contributed by atoms with van der Waals surface area (Å²) in [4.78, 5) is 25.6. The van der Waals surface area contributed by atoms with Gasteiger partial charge in [0.15, 0.2) is 0 Å². The minimum absolute atomic E-state index is 0.346. The van der Waals surface area contributed by atoms with E-state index in [1.165, 1.54) is 0 Å². The molecule has 2 aromatic carbocycles. The van der Waals surface area contributed by atoms with Gasteiger partial charge >= 0.3 is 6.03 Å². The first-order chi connectivity index (χ1) is 14.9. The van der Waals surface area contributed by atoms with Crippen LogP contribution >= 0.6 is 11.6 Å². The number of amides is 3. The summed E-state index contributed by atoms with van der Waals surface area (Å²) in [7, 11) is 3.71. The number of benzene rings is 2. The molecule has 3 amide bonds. The summed E-state index contributed by atoms with van der Waals surface area (Å²) in [5.41, 5.74) is 2.79. The van der Waals surface area contributed by atoms with Gasteiger partial charge in [0.2, 0.25) is 0 Å². The Balaban J connectivity index is 1.70. The number of urea groups is 1. The Bertz CT molecular complexity index is 1010. The van der Waals surface area contributed by atoms with Gasteiger partial charge in [-0.2, -0.15) is 5.10 Å². The van der Waals surface area contributed by atoms with Crippen LogP contribution in [0.2, 0.25) is 5.02 Å². The average molecular weight is 438 g/mol. The zero-order valence-electron chi connectivity index (χ0n) is 17.3. The Morgan fingerprint density at radius 1 is 1.00 bits per heavy atom. The van der Waals surface area contributed by atoms with Gasteiger partial charge in [-0.05, 0) is 42.0 Å². The number of halogens is 1. The highest BCUT2D eigenvalue weighted by Gasteiger charge is 2.23. The van der Waals surface area contributed by atoms with Crippen molar-refractivity contribution >= 4 is 34.9 Å². The Kier molecular flexibility index (Phi) is 7.45. The van der Waals surface area contributed by atoms with Crippen molar-refractivity contribution in [2.75, 3.05) is 19.4 Å². The highest BCUT2D eigenvalue weighted by atomic mass is 35.5. The number of allylic oxidation sites excluding steroid dienone is 3. The molecule has 1 atom stereocenters. The normalized spacial score (nSPS) is 15.1. The first-order valence-corrected chi connectivity index (χ1v) is 10.1. The van der Waals surface area contributed by atoms with E-state index in [9.17, 15) is 9.59 Å². The number of hydrazone groups is 1. The number of rotatable bonds is 6. The summed E-state index contributed by atoms with van der Waals surface area (Å²) in [5, 5.41) is 15.0. The van der Waals surface area contributed by atoms with E-state index in [1.54, 1.807) is 47.5 Å². The molecule has 0 heterocycles. The smallest absolute Gasteiger partial charge is 0.320 e. The summed E-state index contributed by atoms with van der Waals surface area (Å²) >= 11 is 5.88. The van der Waals surface area contributed by atoms with E-state index in [-0.39, 0.29) is 5.91 Å². The Morgan fingerprint density at radius 3 is 2.32 bits per heavy atom. The van der Waals surface area contributed by atoms with E-state index >= 15 is 0 Å². The van der Waals surface area contributed by atoms with E-state index in [1.807, 2.05) is 44.4 Å². The summed E-state index contributed by atoms with van der Waals surface area (Å²) in [6.45, 7) is 0. The van der Waals surface area contributed by atoms with Crippen molar-refractivity contribution in [1.82, 2.24) is 15.6 Å². The molecule has 1 aliphatic rings. The standard InChI is InChI=1S/C23H24ClN5O2/c1-29(2)28-20-14-12-18(13-15-20)25-22(30)21(16-6-4-3-5-7-16)27-23(31)26-19-10-8-17(24)9-11-19/h3-14,21H,15H2,1-2H3,(H,25,30)(H2,26,27,31). The van der Waals surface area contributed by atoms with Gasteiger partial charge in [-0.15, -0.1) is 0 Å². The number of nitrogens with one attached hydrogen (secondary N) is 3. The van der Waals surface area contributed by atoms with Crippen LogP contribution in [0.5, 0.6) is 0 Å². The van der Waals surface area contributed by atoms with Crippen molar-refractivity contribution in [3.63, 3.8) is 0 Å². The molecule has 0 aliphatic heterocycles. The molecule has 8 heteroatoms. The maximum Gasteiger partial charge on any atom is 0.320 e. The molecule has 1 aliphatic carbocycles. The van der Waals surface area contributed by atoms with Crippen LogP contribution in [0.15, 0.2) is 83.6 Å². The van der Waals surface area contributed by atoms with Crippen molar-refractivity contribution in [1.29, 1.82) is 0 Å². The Morgan fingerprint density at radius 2 is 1.71 bits per heavy atom. The van der Waals surface area contributed by atoms with Crippen LogP contribution in [0, 0.1) is 0 Å². The minimum atomic E-state index is -0.875. The Labute approximate surface area is 186 Å². The van der Waals surface area contributed by atoms with Crippen molar-refractivity contribution < 1.29 is 9.59 Å². The molecule has 3 rings (SSSR count). The molecule has 3 N–H and O–H groups in total. The molecule has 7 nitrogen and oxygen atoms in total. The molecule has 31 heavy (non-hydrogen) atoms. The van der Waals surface area contributed by atoms with Crippen LogP contribution in [-0.2, 0) is 4.79 Å². The van der Waals surface area contributed by atoms with E-state index in [0.29, 0.717) is 28.4 Å². The van der Waals surface area contributed by atoms with Crippen molar-refractivity contribution in [2.45, 2.75) is 12.5 Å². The lowest BCUT2D eigenvalue weighted by molar-refractivity contribution is -0.122. The molecular weight excluding hydrogens is 414 g/mol. The van der Waals surface area contributed by atoms with Gasteiger partial charge < -0.3 is 21.0 Å².